The van der Waals surface area contributed by atoms with Crippen molar-refractivity contribution in [1.82, 2.24) is 4.90 Å². The average Bonchev–Trinajstić information content (AvgIpc) is 3.31. The summed E-state index contributed by atoms with van der Waals surface area (Å²) in [6, 6.07) is 29.1. The van der Waals surface area contributed by atoms with E-state index in [0.29, 0.717) is 19.4 Å². The first-order valence-corrected chi connectivity index (χ1v) is 12.8. The van der Waals surface area contributed by atoms with E-state index in [9.17, 15) is 9.59 Å². The van der Waals surface area contributed by atoms with Gasteiger partial charge in [-0.3, -0.25) is 0 Å². The van der Waals surface area contributed by atoms with E-state index >= 15 is 0 Å². The third-order valence-electron chi connectivity index (χ3n) is 6.18. The van der Waals surface area contributed by atoms with Gasteiger partial charge >= 0.3 is 200 Å². The van der Waals surface area contributed by atoms with Crippen LogP contribution in [0.1, 0.15) is 30.0 Å². The Hall–Kier alpha value is -2.92. The first-order valence-electron chi connectivity index (χ1n) is 11.1. The Labute approximate surface area is 199 Å². The molecule has 2 aliphatic heterocycles. The zero-order valence-corrected chi connectivity index (χ0v) is 19.8. The molecule has 2 heterocycles. The molecule has 1 amide bonds. The molecule has 0 saturated carbocycles. The Bertz CT molecular complexity index is 1110. The molecule has 2 saturated heterocycles. The number of carbonyl (C=O) groups excluding carboxylic acids is 2. The van der Waals surface area contributed by atoms with Gasteiger partial charge in [0.1, 0.15) is 0 Å². The van der Waals surface area contributed by atoms with Crippen molar-refractivity contribution in [1.29, 1.82) is 0 Å². The fourth-order valence-corrected chi connectivity index (χ4v) is 7.11. The van der Waals surface area contributed by atoms with Crippen molar-refractivity contribution in [3.8, 4) is 0 Å². The quantitative estimate of drug-likeness (QED) is 0.291. The summed E-state index contributed by atoms with van der Waals surface area (Å²) in [5.74, 6) is -0.607. The Morgan fingerprint density at radius 3 is 2.30 bits per heavy atom. The fraction of sp³-hybridized carbons (Fsp3) is 0.259. The molecule has 5 rings (SSSR count). The van der Waals surface area contributed by atoms with Gasteiger partial charge in [0.05, 0.1) is 0 Å². The standard InChI is InChI=1S/C27H25NO4Se/c29-25-27(33-22-14-8-3-9-15-22,26(30)32-18-20-10-4-1-5-11-20)17-16-24-28(25)23(19-31-24)21-12-6-2-7-13-21/h1-15,23-24H,16-19H2/t23-,24+,27?/m0/s1. The number of ether oxygens (including phenoxy) is 2. The molecule has 1 unspecified atom stereocenters. The Morgan fingerprint density at radius 1 is 0.970 bits per heavy atom. The van der Waals surface area contributed by atoms with Crippen molar-refractivity contribution in [3.05, 3.63) is 102 Å². The summed E-state index contributed by atoms with van der Waals surface area (Å²) in [4.78, 5) is 29.6. The van der Waals surface area contributed by atoms with Gasteiger partial charge in [-0.25, -0.2) is 0 Å². The van der Waals surface area contributed by atoms with Crippen LogP contribution < -0.4 is 4.46 Å². The van der Waals surface area contributed by atoms with Gasteiger partial charge in [-0.15, -0.1) is 0 Å². The minimum absolute atomic E-state index is 0.154. The number of benzene rings is 3. The monoisotopic (exact) mass is 507 g/mol. The number of hydrogen-bond donors (Lipinski definition) is 0. The number of carbonyl (C=O) groups is 2. The van der Waals surface area contributed by atoms with E-state index in [1.165, 1.54) is 0 Å². The molecular weight excluding hydrogens is 481 g/mol. The van der Waals surface area contributed by atoms with Gasteiger partial charge in [0.15, 0.2) is 0 Å². The SMILES string of the molecule is O=C(OCc1ccccc1)C1([Se]c2ccccc2)CC[C@H]2OC[C@@H](c3ccccc3)N2C1=O. The van der Waals surface area contributed by atoms with Crippen molar-refractivity contribution in [2.75, 3.05) is 6.61 Å². The van der Waals surface area contributed by atoms with Crippen LogP contribution in [0.3, 0.4) is 0 Å². The van der Waals surface area contributed by atoms with E-state index in [1.54, 1.807) is 4.90 Å². The number of rotatable bonds is 6. The van der Waals surface area contributed by atoms with Crippen molar-refractivity contribution in [2.24, 2.45) is 0 Å². The van der Waals surface area contributed by atoms with Crippen molar-refractivity contribution in [2.45, 2.75) is 36.0 Å². The summed E-state index contributed by atoms with van der Waals surface area (Å²) in [5, 5.41) is 0. The molecule has 0 radical (unpaired) electrons. The van der Waals surface area contributed by atoms with Crippen LogP contribution in [0.15, 0.2) is 91.0 Å². The molecule has 0 aliphatic carbocycles. The number of esters is 1. The molecule has 2 aliphatic rings. The number of amides is 1. The van der Waals surface area contributed by atoms with Crippen molar-refractivity contribution in [3.63, 3.8) is 0 Å². The third-order valence-corrected chi connectivity index (χ3v) is 9.12. The second-order valence-electron chi connectivity index (χ2n) is 8.27. The average molecular weight is 506 g/mol. The molecule has 3 aromatic carbocycles. The normalized spacial score (nSPS) is 24.4. The topological polar surface area (TPSA) is 55.8 Å². The van der Waals surface area contributed by atoms with E-state index in [2.05, 4.69) is 0 Å². The fourth-order valence-electron chi connectivity index (χ4n) is 4.49. The predicted molar refractivity (Wildman–Crippen MR) is 126 cm³/mol. The van der Waals surface area contributed by atoms with E-state index in [1.807, 2.05) is 91.0 Å². The molecule has 3 aromatic rings. The van der Waals surface area contributed by atoms with Gasteiger partial charge in [-0.05, 0) is 0 Å². The zero-order chi connectivity index (χ0) is 22.7. The van der Waals surface area contributed by atoms with Crippen LogP contribution in [0.5, 0.6) is 0 Å². The van der Waals surface area contributed by atoms with E-state index in [-0.39, 0.29) is 24.8 Å². The second-order valence-corrected chi connectivity index (χ2v) is 11.1. The van der Waals surface area contributed by atoms with Crippen LogP contribution >= 0.6 is 0 Å². The maximum atomic E-state index is 14.1. The third kappa shape index (κ3) is 4.34. The number of nitrogens with zero attached hydrogens (tertiary/aromatic N) is 1. The first kappa shape index (κ1) is 21.9. The van der Waals surface area contributed by atoms with Crippen LogP contribution in [0.4, 0.5) is 0 Å². The Kier molecular flexibility index (Phi) is 6.32. The summed E-state index contributed by atoms with van der Waals surface area (Å²) < 4.78 is 11.6. The molecule has 168 valence electrons. The zero-order valence-electron chi connectivity index (χ0n) is 18.1. The Balaban J connectivity index is 1.47. The number of piperidine rings is 1. The molecule has 0 aromatic heterocycles. The summed E-state index contributed by atoms with van der Waals surface area (Å²) >= 11 is -0.423. The van der Waals surface area contributed by atoms with Crippen LogP contribution in [-0.4, -0.2) is 44.6 Å². The van der Waals surface area contributed by atoms with Crippen LogP contribution in [0.2, 0.25) is 4.31 Å². The molecule has 2 fully saturated rings. The summed E-state index contributed by atoms with van der Waals surface area (Å²) in [5.41, 5.74) is 1.93. The Morgan fingerprint density at radius 2 is 1.61 bits per heavy atom. The van der Waals surface area contributed by atoms with Gasteiger partial charge in [-0.1, -0.05) is 0 Å². The molecule has 33 heavy (non-hydrogen) atoms. The van der Waals surface area contributed by atoms with Gasteiger partial charge in [0.2, 0.25) is 0 Å². The van der Waals surface area contributed by atoms with Gasteiger partial charge in [0.25, 0.3) is 0 Å². The van der Waals surface area contributed by atoms with E-state index in [0.717, 1.165) is 15.6 Å². The van der Waals surface area contributed by atoms with Crippen molar-refractivity contribution < 1.29 is 19.1 Å². The van der Waals surface area contributed by atoms with Gasteiger partial charge in [0, 0.05) is 0 Å². The molecule has 0 bridgehead atoms. The first-order chi connectivity index (χ1) is 16.2. The molecule has 5 nitrogen and oxygen atoms in total. The number of fused-ring (bicyclic) bond motifs is 1. The van der Waals surface area contributed by atoms with E-state index in [4.69, 9.17) is 9.47 Å². The van der Waals surface area contributed by atoms with Gasteiger partial charge in [-0.2, -0.15) is 0 Å². The summed E-state index contributed by atoms with van der Waals surface area (Å²) in [6.07, 6.45) is 0.741. The maximum absolute atomic E-state index is 14.1. The molecule has 3 atom stereocenters. The van der Waals surface area contributed by atoms with Crippen molar-refractivity contribution >= 4 is 31.3 Å². The molecular formula is C27H25NO4Se. The van der Waals surface area contributed by atoms with Crippen LogP contribution in [0.25, 0.3) is 0 Å². The number of hydrogen-bond acceptors (Lipinski definition) is 4. The van der Waals surface area contributed by atoms with Crippen LogP contribution in [-0.2, 0) is 25.7 Å². The van der Waals surface area contributed by atoms with Crippen LogP contribution in [0, 0.1) is 0 Å². The second kappa shape index (κ2) is 9.52. The molecule has 0 N–H and O–H groups in total. The summed E-state index contributed by atoms with van der Waals surface area (Å²) in [7, 11) is 0. The van der Waals surface area contributed by atoms with Gasteiger partial charge < -0.3 is 0 Å². The van der Waals surface area contributed by atoms with E-state index < -0.39 is 25.2 Å². The predicted octanol–water partition coefficient (Wildman–Crippen LogP) is 3.64. The summed E-state index contributed by atoms with van der Waals surface area (Å²) in [6.45, 7) is 0.593. The minimum atomic E-state index is -1.21. The molecule has 0 spiro atoms. The molecule has 6 heteroatoms.